The Bertz CT molecular complexity index is 772. The van der Waals surface area contributed by atoms with Gasteiger partial charge in [-0.2, -0.15) is 0 Å². The van der Waals surface area contributed by atoms with Crippen molar-refractivity contribution in [2.75, 3.05) is 19.1 Å². The van der Waals surface area contributed by atoms with E-state index in [9.17, 15) is 14.4 Å². The number of hydrogen-bond acceptors (Lipinski definition) is 5. The van der Waals surface area contributed by atoms with Crippen LogP contribution >= 0.6 is 0 Å². The monoisotopic (exact) mass is 341 g/mol. The summed E-state index contributed by atoms with van der Waals surface area (Å²) in [7, 11) is 2.83. The van der Waals surface area contributed by atoms with Crippen LogP contribution in [0.3, 0.4) is 0 Å². The number of esters is 2. The van der Waals surface area contributed by atoms with Crippen LogP contribution in [0.5, 0.6) is 0 Å². The predicted molar refractivity (Wildman–Crippen MR) is 92.5 cm³/mol. The minimum absolute atomic E-state index is 0.0522. The Morgan fingerprint density at radius 3 is 1.96 bits per heavy atom. The molecule has 0 fully saturated rings. The molecule has 2 rings (SSSR count). The van der Waals surface area contributed by atoms with E-state index in [1.807, 2.05) is 18.2 Å². The Hall–Kier alpha value is -3.15. The second-order valence-electron chi connectivity index (χ2n) is 5.32. The first kappa shape index (κ1) is 18.2. The van der Waals surface area contributed by atoms with Gasteiger partial charge in [0.25, 0.3) is 5.91 Å². The molecule has 0 aliphatic heterocycles. The molecule has 1 atom stereocenters. The maximum atomic E-state index is 12.4. The molecule has 6 heteroatoms. The van der Waals surface area contributed by atoms with Gasteiger partial charge >= 0.3 is 11.9 Å². The highest BCUT2D eigenvalue weighted by molar-refractivity contribution is 6.04. The van der Waals surface area contributed by atoms with Crippen LogP contribution in [-0.2, 0) is 14.3 Å². The van der Waals surface area contributed by atoms with Crippen molar-refractivity contribution < 1.29 is 23.9 Å². The smallest absolute Gasteiger partial charge is 0.339 e. The Labute approximate surface area is 146 Å². The van der Waals surface area contributed by atoms with Crippen molar-refractivity contribution >= 4 is 23.5 Å². The molecule has 0 spiro atoms. The van der Waals surface area contributed by atoms with E-state index in [1.165, 1.54) is 31.1 Å². The molecule has 0 aliphatic rings. The molecule has 0 aliphatic carbocycles. The standard InChI is InChI=1S/C19H19NO5/c1-13(17(21)20(2)14-9-5-4-6-10-14)25-19(23)16-12-8-7-11-15(16)18(22)24-3/h4-13H,1-3H3. The molecule has 1 unspecified atom stereocenters. The fourth-order valence-corrected chi connectivity index (χ4v) is 2.28. The van der Waals surface area contributed by atoms with Gasteiger partial charge in [-0.3, -0.25) is 4.79 Å². The molecule has 6 nitrogen and oxygen atoms in total. The maximum absolute atomic E-state index is 12.4. The minimum atomic E-state index is -1.01. The van der Waals surface area contributed by atoms with Crippen LogP contribution in [0, 0.1) is 0 Å². The van der Waals surface area contributed by atoms with Crippen molar-refractivity contribution in [3.8, 4) is 0 Å². The molecule has 25 heavy (non-hydrogen) atoms. The van der Waals surface area contributed by atoms with Crippen LogP contribution < -0.4 is 4.90 Å². The number of methoxy groups -OCH3 is 1. The zero-order chi connectivity index (χ0) is 18.4. The van der Waals surface area contributed by atoms with Crippen LogP contribution in [0.2, 0.25) is 0 Å². The molecule has 1 amide bonds. The molecule has 0 heterocycles. The summed E-state index contributed by atoms with van der Waals surface area (Å²) in [5, 5.41) is 0. The lowest BCUT2D eigenvalue weighted by molar-refractivity contribution is -0.126. The van der Waals surface area contributed by atoms with Crippen LogP contribution in [0.4, 0.5) is 5.69 Å². The lowest BCUT2D eigenvalue weighted by Gasteiger charge is -2.21. The normalized spacial score (nSPS) is 11.3. The van der Waals surface area contributed by atoms with Gasteiger partial charge in [0.2, 0.25) is 0 Å². The van der Waals surface area contributed by atoms with Crippen LogP contribution in [-0.4, -0.2) is 38.1 Å². The van der Waals surface area contributed by atoms with Gasteiger partial charge in [0.05, 0.1) is 18.2 Å². The molecule has 0 saturated heterocycles. The Kier molecular flexibility index (Phi) is 5.89. The van der Waals surface area contributed by atoms with E-state index in [0.29, 0.717) is 5.69 Å². The number of carbonyl (C=O) groups excluding carboxylic acids is 3. The van der Waals surface area contributed by atoms with Crippen molar-refractivity contribution in [3.05, 3.63) is 65.7 Å². The van der Waals surface area contributed by atoms with Crippen molar-refractivity contribution in [3.63, 3.8) is 0 Å². The molecule has 2 aromatic carbocycles. The Balaban J connectivity index is 2.13. The number of ether oxygens (including phenoxy) is 2. The summed E-state index contributed by atoms with van der Waals surface area (Å²) in [6, 6.07) is 15.1. The predicted octanol–water partition coefficient (Wildman–Crippen LogP) is 2.68. The zero-order valence-electron chi connectivity index (χ0n) is 14.3. The van der Waals surface area contributed by atoms with Gasteiger partial charge < -0.3 is 14.4 Å². The third kappa shape index (κ3) is 4.23. The largest absolute Gasteiger partial charge is 0.465 e. The Morgan fingerprint density at radius 1 is 0.880 bits per heavy atom. The summed E-state index contributed by atoms with van der Waals surface area (Å²) in [5.41, 5.74) is 0.827. The van der Waals surface area contributed by atoms with E-state index in [4.69, 9.17) is 4.74 Å². The number of hydrogen-bond donors (Lipinski definition) is 0. The highest BCUT2D eigenvalue weighted by Crippen LogP contribution is 2.16. The van der Waals surface area contributed by atoms with Gasteiger partial charge in [-0.15, -0.1) is 0 Å². The second-order valence-corrected chi connectivity index (χ2v) is 5.32. The van der Waals surface area contributed by atoms with Gasteiger partial charge in [0.1, 0.15) is 0 Å². The molecule has 130 valence electrons. The zero-order valence-corrected chi connectivity index (χ0v) is 14.3. The SMILES string of the molecule is COC(=O)c1ccccc1C(=O)OC(C)C(=O)N(C)c1ccccc1. The number of amides is 1. The molecule has 0 bridgehead atoms. The number of likely N-dealkylation sites (N-methyl/N-ethyl adjacent to an activating group) is 1. The maximum Gasteiger partial charge on any atom is 0.339 e. The van der Waals surface area contributed by atoms with E-state index >= 15 is 0 Å². The summed E-state index contributed by atoms with van der Waals surface area (Å²) >= 11 is 0. The van der Waals surface area contributed by atoms with Gasteiger partial charge in [-0.05, 0) is 31.2 Å². The average molecular weight is 341 g/mol. The van der Waals surface area contributed by atoms with Crippen LogP contribution in [0.25, 0.3) is 0 Å². The van der Waals surface area contributed by atoms with E-state index in [-0.39, 0.29) is 17.0 Å². The molecule has 0 radical (unpaired) electrons. The first-order chi connectivity index (χ1) is 12.0. The van der Waals surface area contributed by atoms with E-state index in [0.717, 1.165) is 0 Å². The van der Waals surface area contributed by atoms with Crippen molar-refractivity contribution in [1.82, 2.24) is 0 Å². The van der Waals surface area contributed by atoms with Crippen molar-refractivity contribution in [2.45, 2.75) is 13.0 Å². The van der Waals surface area contributed by atoms with E-state index < -0.39 is 18.0 Å². The van der Waals surface area contributed by atoms with Crippen molar-refractivity contribution in [2.24, 2.45) is 0 Å². The first-order valence-electron chi connectivity index (χ1n) is 7.66. The topological polar surface area (TPSA) is 72.9 Å². The van der Waals surface area contributed by atoms with Crippen molar-refractivity contribution in [1.29, 1.82) is 0 Å². The fourth-order valence-electron chi connectivity index (χ4n) is 2.28. The minimum Gasteiger partial charge on any atom is -0.465 e. The summed E-state index contributed by atoms with van der Waals surface area (Å²) in [4.78, 5) is 38.0. The lowest BCUT2D eigenvalue weighted by atomic mass is 10.1. The first-order valence-corrected chi connectivity index (χ1v) is 7.66. The number of anilines is 1. The quantitative estimate of drug-likeness (QED) is 0.782. The van der Waals surface area contributed by atoms with Gasteiger partial charge in [0.15, 0.2) is 6.10 Å². The number of para-hydroxylation sites is 1. The van der Waals surface area contributed by atoms with Crippen LogP contribution in [0.15, 0.2) is 54.6 Å². The highest BCUT2D eigenvalue weighted by atomic mass is 16.5. The second kappa shape index (κ2) is 8.10. The van der Waals surface area contributed by atoms with E-state index in [1.54, 1.807) is 31.3 Å². The fraction of sp³-hybridized carbons (Fsp3) is 0.211. The molecular weight excluding hydrogens is 322 g/mol. The summed E-state index contributed by atoms with van der Waals surface area (Å²) < 4.78 is 9.89. The molecular formula is C19H19NO5. The highest BCUT2D eigenvalue weighted by Gasteiger charge is 2.25. The van der Waals surface area contributed by atoms with Gasteiger partial charge in [0, 0.05) is 12.7 Å². The average Bonchev–Trinajstić information content (AvgIpc) is 2.66. The third-order valence-corrected chi connectivity index (χ3v) is 3.66. The number of nitrogens with zero attached hydrogens (tertiary/aromatic N) is 1. The van der Waals surface area contributed by atoms with Gasteiger partial charge in [-0.25, -0.2) is 9.59 Å². The number of carbonyl (C=O) groups is 3. The molecule has 0 aromatic heterocycles. The third-order valence-electron chi connectivity index (χ3n) is 3.66. The van der Waals surface area contributed by atoms with E-state index in [2.05, 4.69) is 4.74 Å². The van der Waals surface area contributed by atoms with Gasteiger partial charge in [-0.1, -0.05) is 30.3 Å². The molecule has 0 N–H and O–H groups in total. The lowest BCUT2D eigenvalue weighted by Crippen LogP contribution is -2.37. The number of benzene rings is 2. The summed E-state index contributed by atoms with van der Waals surface area (Å²) in [5.74, 6) is -1.79. The number of rotatable bonds is 5. The summed E-state index contributed by atoms with van der Waals surface area (Å²) in [6.45, 7) is 1.49. The summed E-state index contributed by atoms with van der Waals surface area (Å²) in [6.07, 6.45) is -1.01. The molecule has 0 saturated carbocycles. The Morgan fingerprint density at radius 2 is 1.40 bits per heavy atom. The molecule has 2 aromatic rings. The van der Waals surface area contributed by atoms with Crippen LogP contribution in [0.1, 0.15) is 27.6 Å².